The van der Waals surface area contributed by atoms with Crippen LogP contribution in [0.25, 0.3) is 12.2 Å². The maximum absolute atomic E-state index is 3.76. The summed E-state index contributed by atoms with van der Waals surface area (Å²) in [6.45, 7) is 9.02. The van der Waals surface area contributed by atoms with Gasteiger partial charge >= 0.3 is 0 Å². The van der Waals surface area contributed by atoms with E-state index in [0.29, 0.717) is 0 Å². The lowest BCUT2D eigenvalue weighted by Crippen LogP contribution is -2.44. The Kier molecular flexibility index (Phi) is 8.37. The van der Waals surface area contributed by atoms with Gasteiger partial charge in [-0.3, -0.25) is 0 Å². The molecule has 1 N–H and O–H groups in total. The molecule has 0 spiro atoms. The van der Waals surface area contributed by atoms with Crippen LogP contribution in [0.4, 0.5) is 0 Å². The van der Waals surface area contributed by atoms with Crippen LogP contribution in [0.1, 0.15) is 100 Å². The zero-order chi connectivity index (χ0) is 25.9. The lowest BCUT2D eigenvalue weighted by molar-refractivity contribution is 0.110. The molecule has 6 rings (SSSR count). The molecule has 37 heavy (non-hydrogen) atoms. The highest BCUT2D eigenvalue weighted by Crippen LogP contribution is 2.46. The molecule has 4 saturated heterocycles. The zero-order valence-electron chi connectivity index (χ0n) is 23.7. The van der Waals surface area contributed by atoms with Gasteiger partial charge in [0, 0.05) is 24.2 Å². The summed E-state index contributed by atoms with van der Waals surface area (Å²) in [4.78, 5) is 2.63. The summed E-state index contributed by atoms with van der Waals surface area (Å²) in [7, 11) is 2.32. The number of rotatable bonds is 4. The van der Waals surface area contributed by atoms with Gasteiger partial charge in [-0.2, -0.15) is 0 Å². The second-order valence-electron chi connectivity index (χ2n) is 12.2. The highest BCUT2D eigenvalue weighted by Gasteiger charge is 2.43. The second-order valence-corrected chi connectivity index (χ2v) is 12.2. The van der Waals surface area contributed by atoms with Crippen molar-refractivity contribution in [2.75, 3.05) is 7.05 Å². The molecule has 4 aliphatic rings. The highest BCUT2D eigenvalue weighted by molar-refractivity contribution is 5.50. The number of nitrogens with one attached hydrogen (secondary N) is 1. The molecular formula is C35H48N2. The van der Waals surface area contributed by atoms with E-state index in [1.54, 1.807) is 5.56 Å². The van der Waals surface area contributed by atoms with Crippen molar-refractivity contribution in [1.29, 1.82) is 0 Å². The summed E-state index contributed by atoms with van der Waals surface area (Å²) in [5, 5.41) is 3.76. The van der Waals surface area contributed by atoms with Crippen molar-refractivity contribution in [3.63, 3.8) is 0 Å². The molecule has 2 aromatic carbocycles. The minimum atomic E-state index is 0.753. The monoisotopic (exact) mass is 496 g/mol. The summed E-state index contributed by atoms with van der Waals surface area (Å²) < 4.78 is 0. The molecule has 4 heterocycles. The van der Waals surface area contributed by atoms with Crippen LogP contribution in [0.15, 0.2) is 60.7 Å². The lowest BCUT2D eigenvalue weighted by Gasteiger charge is -2.41. The molecule has 4 bridgehead atoms. The molecule has 8 atom stereocenters. The molecule has 4 fully saturated rings. The first-order valence-corrected chi connectivity index (χ1v) is 14.9. The van der Waals surface area contributed by atoms with Crippen LogP contribution >= 0.6 is 0 Å². The minimum absolute atomic E-state index is 0.753. The topological polar surface area (TPSA) is 15.3 Å². The van der Waals surface area contributed by atoms with E-state index in [-0.39, 0.29) is 0 Å². The van der Waals surface area contributed by atoms with E-state index in [9.17, 15) is 0 Å². The van der Waals surface area contributed by atoms with Crippen molar-refractivity contribution in [3.05, 3.63) is 82.9 Å². The van der Waals surface area contributed by atoms with Gasteiger partial charge in [0.15, 0.2) is 0 Å². The van der Waals surface area contributed by atoms with Crippen molar-refractivity contribution in [1.82, 2.24) is 10.2 Å². The van der Waals surface area contributed by atoms with E-state index >= 15 is 0 Å². The normalized spacial score (nSPS) is 35.2. The molecule has 198 valence electrons. The summed E-state index contributed by atoms with van der Waals surface area (Å²) in [5.74, 6) is 3.07. The van der Waals surface area contributed by atoms with Gasteiger partial charge in [-0.15, -0.1) is 0 Å². The Balaban J connectivity index is 0.000000152. The SMILES string of the molecule is C/C=C\c1ccc(C2CC3CCC(C2C)N3C)cc1.C/C=C\c1ccc(C2CC3CCC(N3)C2C)cc1. The fourth-order valence-corrected chi connectivity index (χ4v) is 7.96. The van der Waals surface area contributed by atoms with Crippen molar-refractivity contribution in [2.24, 2.45) is 11.8 Å². The quantitative estimate of drug-likeness (QED) is 0.458. The second kappa shape index (κ2) is 11.7. The molecule has 0 radical (unpaired) electrons. The van der Waals surface area contributed by atoms with E-state index < -0.39 is 0 Å². The third-order valence-corrected chi connectivity index (χ3v) is 10.2. The molecule has 2 aromatic rings. The van der Waals surface area contributed by atoms with Crippen molar-refractivity contribution in [3.8, 4) is 0 Å². The van der Waals surface area contributed by atoms with Gasteiger partial charge in [0.25, 0.3) is 0 Å². The third-order valence-electron chi connectivity index (χ3n) is 10.2. The number of fused-ring (bicyclic) bond motifs is 4. The number of piperidine rings is 2. The van der Waals surface area contributed by atoms with Gasteiger partial charge in [0.05, 0.1) is 0 Å². The van der Waals surface area contributed by atoms with E-state index in [2.05, 4.69) is 118 Å². The minimum Gasteiger partial charge on any atom is -0.311 e. The molecular weight excluding hydrogens is 448 g/mol. The van der Waals surface area contributed by atoms with Crippen molar-refractivity contribution < 1.29 is 0 Å². The fourth-order valence-electron chi connectivity index (χ4n) is 7.96. The maximum Gasteiger partial charge on any atom is 0.0127 e. The van der Waals surface area contributed by atoms with Gasteiger partial charge in [-0.05, 0) is 105 Å². The van der Waals surface area contributed by atoms with Crippen LogP contribution in [-0.4, -0.2) is 36.1 Å². The number of hydrogen-bond donors (Lipinski definition) is 1. The predicted molar refractivity (Wildman–Crippen MR) is 160 cm³/mol. The standard InChI is InChI=1S/C18H25N.C17H23N/c1-4-5-14-6-8-15(9-7-14)17-12-16-10-11-18(13(17)2)19(16)3;1-3-4-13-5-7-14(8-6-13)16-11-15-9-10-17(18-15)12(16)2/h4-9,13,16-18H,10-12H2,1-3H3;3-8,12,15-18H,9-11H2,1-2H3/b5-4-;4-3-. The van der Waals surface area contributed by atoms with Crippen LogP contribution in [0, 0.1) is 11.8 Å². The zero-order valence-corrected chi connectivity index (χ0v) is 23.7. The average Bonchev–Trinajstić information content (AvgIpc) is 3.44. The number of hydrogen-bond acceptors (Lipinski definition) is 2. The fraction of sp³-hybridized carbons (Fsp3) is 0.543. The molecule has 2 nitrogen and oxygen atoms in total. The Morgan fingerprint density at radius 1 is 0.703 bits per heavy atom. The van der Waals surface area contributed by atoms with E-state index in [0.717, 1.165) is 47.8 Å². The Morgan fingerprint density at radius 3 is 1.84 bits per heavy atom. The summed E-state index contributed by atoms with van der Waals surface area (Å²) in [6, 6.07) is 21.6. The highest BCUT2D eigenvalue weighted by atomic mass is 15.2. The molecule has 0 saturated carbocycles. The van der Waals surface area contributed by atoms with Gasteiger partial charge in [0.1, 0.15) is 0 Å². The first-order chi connectivity index (χ1) is 18.0. The smallest absolute Gasteiger partial charge is 0.0127 e. The number of nitrogens with zero attached hydrogens (tertiary/aromatic N) is 1. The first kappa shape index (κ1) is 26.4. The Bertz CT molecular complexity index is 1070. The molecule has 0 amide bonds. The molecule has 2 heteroatoms. The van der Waals surface area contributed by atoms with Crippen molar-refractivity contribution in [2.45, 2.75) is 102 Å². The van der Waals surface area contributed by atoms with Crippen LogP contribution in [0.5, 0.6) is 0 Å². The van der Waals surface area contributed by atoms with Crippen molar-refractivity contribution >= 4 is 12.2 Å². The summed E-state index contributed by atoms with van der Waals surface area (Å²) in [6.07, 6.45) is 16.8. The Morgan fingerprint density at radius 2 is 1.27 bits per heavy atom. The van der Waals surface area contributed by atoms with Crippen LogP contribution in [-0.2, 0) is 0 Å². The van der Waals surface area contributed by atoms with Crippen LogP contribution < -0.4 is 5.32 Å². The largest absolute Gasteiger partial charge is 0.311 e. The Hall–Kier alpha value is -2.16. The van der Waals surface area contributed by atoms with Gasteiger partial charge in [-0.1, -0.05) is 86.7 Å². The molecule has 4 aliphatic heterocycles. The molecule has 0 aromatic heterocycles. The first-order valence-electron chi connectivity index (χ1n) is 14.9. The van der Waals surface area contributed by atoms with E-state index in [1.807, 2.05) is 0 Å². The van der Waals surface area contributed by atoms with Gasteiger partial charge in [0.2, 0.25) is 0 Å². The average molecular weight is 497 g/mol. The van der Waals surface area contributed by atoms with Crippen LogP contribution in [0.2, 0.25) is 0 Å². The van der Waals surface area contributed by atoms with Gasteiger partial charge < -0.3 is 10.2 Å². The number of allylic oxidation sites excluding steroid dienone is 2. The summed E-state index contributed by atoms with van der Waals surface area (Å²) >= 11 is 0. The van der Waals surface area contributed by atoms with E-state index in [1.165, 1.54) is 55.2 Å². The third kappa shape index (κ3) is 5.66. The molecule has 0 aliphatic carbocycles. The Labute approximate surface area is 226 Å². The molecule has 8 unspecified atom stereocenters. The lowest BCUT2D eigenvalue weighted by atomic mass is 9.77. The van der Waals surface area contributed by atoms with Crippen LogP contribution in [0.3, 0.4) is 0 Å². The predicted octanol–water partition coefficient (Wildman–Crippen LogP) is 8.27. The summed E-state index contributed by atoms with van der Waals surface area (Å²) in [5.41, 5.74) is 5.71. The van der Waals surface area contributed by atoms with Gasteiger partial charge in [-0.25, -0.2) is 0 Å². The van der Waals surface area contributed by atoms with E-state index in [4.69, 9.17) is 0 Å². The maximum atomic E-state index is 3.76. The number of benzene rings is 2.